The second-order valence-corrected chi connectivity index (χ2v) is 6.32. The van der Waals surface area contributed by atoms with E-state index in [-0.39, 0.29) is 17.8 Å². The number of fused-ring (bicyclic) bond motifs is 1. The van der Waals surface area contributed by atoms with Gasteiger partial charge >= 0.3 is 0 Å². The summed E-state index contributed by atoms with van der Waals surface area (Å²) in [4.78, 5) is 2.31. The first-order valence-electron chi connectivity index (χ1n) is 7.30. The maximum atomic E-state index is 5.82. The molecule has 1 heterocycles. The molecule has 0 saturated heterocycles. The monoisotopic (exact) mass is 310 g/mol. The summed E-state index contributed by atoms with van der Waals surface area (Å²) < 4.78 is 2.08. The quantitative estimate of drug-likeness (QED) is 0.892. The lowest BCUT2D eigenvalue weighted by Crippen LogP contribution is -2.36. The van der Waals surface area contributed by atoms with Gasteiger partial charge in [0.1, 0.15) is 0 Å². The zero-order valence-corrected chi connectivity index (χ0v) is 14.3. The molecule has 2 rings (SSSR count). The average Bonchev–Trinajstić information content (AvgIpc) is 2.76. The lowest BCUT2D eigenvalue weighted by atomic mass is 9.93. The van der Waals surface area contributed by atoms with Crippen molar-refractivity contribution in [3.63, 3.8) is 0 Å². The second-order valence-electron chi connectivity index (χ2n) is 6.32. The van der Waals surface area contributed by atoms with Gasteiger partial charge in [0.2, 0.25) is 0 Å². The maximum absolute atomic E-state index is 5.82. The Bertz CT molecular complexity index is 577. The molecule has 0 amide bonds. The lowest BCUT2D eigenvalue weighted by molar-refractivity contribution is 0.208. The van der Waals surface area contributed by atoms with E-state index in [0.717, 1.165) is 25.3 Å². The highest BCUT2D eigenvalue weighted by Crippen LogP contribution is 2.21. The van der Waals surface area contributed by atoms with Gasteiger partial charge in [-0.3, -0.25) is 9.58 Å². The molecule has 2 N–H and O–H groups in total. The fourth-order valence-electron chi connectivity index (χ4n) is 2.66. The standard InChI is InChI=1S/C16H26N4.ClH/c1-5-20-15-9-7-6-8-13(15)14(18-20)10-19(4)12-16(2,3)11-17;/h6-9H,5,10-12,17H2,1-4H3;1H. The largest absolute Gasteiger partial charge is 0.330 e. The van der Waals surface area contributed by atoms with Gasteiger partial charge in [0.15, 0.2) is 0 Å². The van der Waals surface area contributed by atoms with E-state index in [0.29, 0.717) is 6.54 Å². The van der Waals surface area contributed by atoms with Crippen molar-refractivity contribution in [2.24, 2.45) is 11.1 Å². The van der Waals surface area contributed by atoms with Crippen LogP contribution in [0.3, 0.4) is 0 Å². The van der Waals surface area contributed by atoms with Crippen LogP contribution in [0, 0.1) is 5.41 Å². The Morgan fingerprint density at radius 3 is 2.57 bits per heavy atom. The molecule has 21 heavy (non-hydrogen) atoms. The molecule has 1 aromatic carbocycles. The fourth-order valence-corrected chi connectivity index (χ4v) is 2.66. The van der Waals surface area contributed by atoms with E-state index in [1.165, 1.54) is 10.9 Å². The van der Waals surface area contributed by atoms with Crippen LogP contribution in [0.25, 0.3) is 10.9 Å². The van der Waals surface area contributed by atoms with Crippen LogP contribution in [-0.2, 0) is 13.1 Å². The predicted molar refractivity (Wildman–Crippen MR) is 91.8 cm³/mol. The number of benzene rings is 1. The first kappa shape index (κ1) is 18.0. The normalized spacial score (nSPS) is 11.9. The third kappa shape index (κ3) is 4.19. The number of nitrogens with zero attached hydrogens (tertiary/aromatic N) is 3. The van der Waals surface area contributed by atoms with E-state index in [2.05, 4.69) is 61.7 Å². The summed E-state index contributed by atoms with van der Waals surface area (Å²) in [5.74, 6) is 0. The first-order chi connectivity index (χ1) is 9.46. The van der Waals surface area contributed by atoms with E-state index in [1.807, 2.05) is 0 Å². The molecule has 0 aliphatic carbocycles. The Hall–Kier alpha value is -1.10. The summed E-state index contributed by atoms with van der Waals surface area (Å²) in [6.45, 7) is 9.96. The third-order valence-corrected chi connectivity index (χ3v) is 3.70. The number of para-hydroxylation sites is 1. The topological polar surface area (TPSA) is 47.1 Å². The van der Waals surface area contributed by atoms with Crippen molar-refractivity contribution >= 4 is 23.3 Å². The molecule has 1 aromatic heterocycles. The molecule has 0 spiro atoms. The summed E-state index contributed by atoms with van der Waals surface area (Å²) in [5.41, 5.74) is 8.32. The minimum absolute atomic E-state index is 0. The molecular weight excluding hydrogens is 284 g/mol. The molecule has 2 aromatic rings. The molecule has 0 saturated carbocycles. The van der Waals surface area contributed by atoms with Crippen LogP contribution < -0.4 is 5.73 Å². The summed E-state index contributed by atoms with van der Waals surface area (Å²) >= 11 is 0. The molecule has 118 valence electrons. The van der Waals surface area contributed by atoms with E-state index in [4.69, 9.17) is 10.8 Å². The van der Waals surface area contributed by atoms with Gasteiger partial charge in [-0.15, -0.1) is 12.4 Å². The minimum Gasteiger partial charge on any atom is -0.330 e. The summed E-state index contributed by atoms with van der Waals surface area (Å²) in [7, 11) is 2.14. The fraction of sp³-hybridized carbons (Fsp3) is 0.562. The van der Waals surface area contributed by atoms with Crippen LogP contribution in [-0.4, -0.2) is 34.8 Å². The van der Waals surface area contributed by atoms with Crippen molar-refractivity contribution in [1.82, 2.24) is 14.7 Å². The zero-order chi connectivity index (χ0) is 14.8. The van der Waals surface area contributed by atoms with E-state index in [9.17, 15) is 0 Å². The molecule has 4 nitrogen and oxygen atoms in total. The van der Waals surface area contributed by atoms with E-state index in [1.54, 1.807) is 0 Å². The highest BCUT2D eigenvalue weighted by Gasteiger charge is 2.19. The highest BCUT2D eigenvalue weighted by atomic mass is 35.5. The van der Waals surface area contributed by atoms with Gasteiger partial charge < -0.3 is 5.73 Å². The number of aryl methyl sites for hydroxylation is 1. The van der Waals surface area contributed by atoms with Gasteiger partial charge in [-0.05, 0) is 32.0 Å². The Morgan fingerprint density at radius 2 is 1.95 bits per heavy atom. The molecule has 0 unspecified atom stereocenters. The van der Waals surface area contributed by atoms with Crippen molar-refractivity contribution in [3.8, 4) is 0 Å². The molecule has 0 aliphatic rings. The van der Waals surface area contributed by atoms with Crippen molar-refractivity contribution in [2.45, 2.75) is 33.9 Å². The van der Waals surface area contributed by atoms with Crippen LogP contribution >= 0.6 is 12.4 Å². The van der Waals surface area contributed by atoms with Crippen LogP contribution in [0.2, 0.25) is 0 Å². The second kappa shape index (κ2) is 7.25. The Morgan fingerprint density at radius 1 is 1.29 bits per heavy atom. The molecule has 0 fully saturated rings. The summed E-state index contributed by atoms with van der Waals surface area (Å²) in [5, 5.41) is 6.00. The summed E-state index contributed by atoms with van der Waals surface area (Å²) in [6, 6.07) is 8.45. The van der Waals surface area contributed by atoms with Crippen molar-refractivity contribution < 1.29 is 0 Å². The number of hydrogen-bond donors (Lipinski definition) is 1. The van der Waals surface area contributed by atoms with E-state index < -0.39 is 0 Å². The molecule has 0 aliphatic heterocycles. The van der Waals surface area contributed by atoms with Gasteiger partial charge in [-0.1, -0.05) is 32.0 Å². The van der Waals surface area contributed by atoms with Crippen molar-refractivity contribution in [1.29, 1.82) is 0 Å². The number of nitrogens with two attached hydrogens (primary N) is 1. The average molecular weight is 311 g/mol. The van der Waals surface area contributed by atoms with Gasteiger partial charge in [-0.25, -0.2) is 0 Å². The number of rotatable bonds is 6. The van der Waals surface area contributed by atoms with Gasteiger partial charge in [0.25, 0.3) is 0 Å². The van der Waals surface area contributed by atoms with Crippen LogP contribution in [0.1, 0.15) is 26.5 Å². The number of aromatic nitrogens is 2. The smallest absolute Gasteiger partial charge is 0.0843 e. The third-order valence-electron chi connectivity index (χ3n) is 3.70. The number of halogens is 1. The molecular formula is C16H27ClN4. The Kier molecular flexibility index (Phi) is 6.20. The van der Waals surface area contributed by atoms with Gasteiger partial charge in [0.05, 0.1) is 11.2 Å². The van der Waals surface area contributed by atoms with Gasteiger partial charge in [-0.2, -0.15) is 5.10 Å². The minimum atomic E-state index is 0. The maximum Gasteiger partial charge on any atom is 0.0843 e. The predicted octanol–water partition coefficient (Wildman–Crippen LogP) is 2.89. The summed E-state index contributed by atoms with van der Waals surface area (Å²) in [6.07, 6.45) is 0. The van der Waals surface area contributed by atoms with Gasteiger partial charge in [0, 0.05) is 25.0 Å². The lowest BCUT2D eigenvalue weighted by Gasteiger charge is -2.28. The highest BCUT2D eigenvalue weighted by molar-refractivity contribution is 5.85. The van der Waals surface area contributed by atoms with Crippen LogP contribution in [0.5, 0.6) is 0 Å². The van der Waals surface area contributed by atoms with Crippen molar-refractivity contribution in [2.75, 3.05) is 20.1 Å². The van der Waals surface area contributed by atoms with Crippen LogP contribution in [0.4, 0.5) is 0 Å². The molecule has 5 heteroatoms. The molecule has 0 bridgehead atoms. The Labute approximate surface area is 133 Å². The molecule has 0 radical (unpaired) electrons. The van der Waals surface area contributed by atoms with Crippen LogP contribution in [0.15, 0.2) is 24.3 Å². The zero-order valence-electron chi connectivity index (χ0n) is 13.5. The SMILES string of the molecule is CCn1nc(CN(C)CC(C)(C)CN)c2ccccc21.Cl. The Balaban J connectivity index is 0.00000220. The van der Waals surface area contributed by atoms with E-state index >= 15 is 0 Å². The van der Waals surface area contributed by atoms with Crippen molar-refractivity contribution in [3.05, 3.63) is 30.0 Å². The first-order valence-corrected chi connectivity index (χ1v) is 7.30. The number of hydrogen-bond acceptors (Lipinski definition) is 3. The molecule has 0 atom stereocenters.